The number of hydrogen-bond acceptors (Lipinski definition) is 11. The highest BCUT2D eigenvalue weighted by molar-refractivity contribution is 9.10. The van der Waals surface area contributed by atoms with Crippen LogP contribution in [-0.2, 0) is 6.42 Å². The fraction of sp³-hybridized carbons (Fsp3) is 0.265. The Kier molecular flexibility index (Phi) is 15.3. The lowest BCUT2D eigenvalue weighted by atomic mass is 10.1. The number of ether oxygens (including phenoxy) is 2. The molecule has 8 aromatic rings. The number of fused-ring (bicyclic) bond motifs is 2. The number of rotatable bonds is 16. The number of aliphatic hydroxyl groups is 2. The molecule has 64 heavy (non-hydrogen) atoms. The highest BCUT2D eigenvalue weighted by Crippen LogP contribution is 2.26. The van der Waals surface area contributed by atoms with Crippen LogP contribution in [0, 0.1) is 0 Å². The molecule has 1 aliphatic heterocycles. The standard InChI is InChI=1S/C25H26BrN5O2.C24H25BrN4O2/c26-19-14-23-25(27-15-19)29-24(28-23)18-6-8-22(9-7-18)33-17-21(32)16-30-10-12-31(13-11-30)20-4-2-1-3-5-20;1-29(12-11-17-5-3-2-4-6-17)15-20(30)16-31-21-9-7-18(8-10-21)23-27-22-13-19(25)14-26-24(22)28-23/h1-9,14-15,21,32H,10-13,16-17H2,(H,27,28,29);2-10,13-14,20,30H,11-12,15-16H2,1H3,(H,26,27,28). The van der Waals surface area contributed by atoms with Crippen molar-refractivity contribution in [3.63, 3.8) is 0 Å². The number of nitrogens with zero attached hydrogens (tertiary/aromatic N) is 7. The van der Waals surface area contributed by atoms with Gasteiger partial charge in [-0.15, -0.1) is 0 Å². The molecule has 0 bridgehead atoms. The molecule has 0 aliphatic carbocycles. The molecule has 4 aromatic heterocycles. The molecule has 9 rings (SSSR count). The van der Waals surface area contributed by atoms with E-state index < -0.39 is 12.2 Å². The van der Waals surface area contributed by atoms with E-state index in [-0.39, 0.29) is 13.2 Å². The molecule has 2 atom stereocenters. The highest BCUT2D eigenvalue weighted by atomic mass is 79.9. The van der Waals surface area contributed by atoms with Crippen molar-refractivity contribution < 1.29 is 19.7 Å². The number of para-hydroxylation sites is 1. The Labute approximate surface area is 389 Å². The fourth-order valence-electron chi connectivity index (χ4n) is 7.47. The maximum absolute atomic E-state index is 10.5. The van der Waals surface area contributed by atoms with Gasteiger partial charge in [-0.25, -0.2) is 19.9 Å². The van der Waals surface area contributed by atoms with Crippen LogP contribution in [0.2, 0.25) is 0 Å². The van der Waals surface area contributed by atoms with E-state index in [1.54, 1.807) is 12.4 Å². The van der Waals surface area contributed by atoms with Gasteiger partial charge in [-0.3, -0.25) is 4.90 Å². The Bertz CT molecular complexity index is 2680. The van der Waals surface area contributed by atoms with Crippen LogP contribution in [-0.4, -0.2) is 128 Å². The summed E-state index contributed by atoms with van der Waals surface area (Å²) in [6.45, 7) is 6.37. The lowest BCUT2D eigenvalue weighted by Crippen LogP contribution is -2.49. The average Bonchev–Trinajstić information content (AvgIpc) is 3.95. The molecule has 1 saturated heterocycles. The molecule has 1 fully saturated rings. The van der Waals surface area contributed by atoms with Crippen LogP contribution < -0.4 is 14.4 Å². The number of H-pyrrole nitrogens is 2. The summed E-state index contributed by atoms with van der Waals surface area (Å²) in [5, 5.41) is 20.8. The summed E-state index contributed by atoms with van der Waals surface area (Å²) in [6.07, 6.45) is 3.33. The van der Waals surface area contributed by atoms with Crippen LogP contribution in [0.1, 0.15) is 5.56 Å². The summed E-state index contributed by atoms with van der Waals surface area (Å²) in [5.74, 6) is 2.96. The van der Waals surface area contributed by atoms with E-state index in [1.165, 1.54) is 11.3 Å². The minimum absolute atomic E-state index is 0.248. The third kappa shape index (κ3) is 12.5. The monoisotopic (exact) mass is 987 g/mol. The zero-order chi connectivity index (χ0) is 44.3. The molecule has 5 heterocycles. The van der Waals surface area contributed by atoms with Crippen molar-refractivity contribution in [1.29, 1.82) is 0 Å². The van der Waals surface area contributed by atoms with Crippen molar-refractivity contribution in [2.45, 2.75) is 18.6 Å². The summed E-state index contributed by atoms with van der Waals surface area (Å²) in [7, 11) is 2.02. The summed E-state index contributed by atoms with van der Waals surface area (Å²) in [5.41, 5.74) is 7.58. The Morgan fingerprint density at radius 1 is 0.656 bits per heavy atom. The predicted octanol–water partition coefficient (Wildman–Crippen LogP) is 8.25. The number of halogens is 2. The first kappa shape index (κ1) is 44.9. The van der Waals surface area contributed by atoms with Crippen molar-refractivity contribution >= 4 is 59.9 Å². The molecule has 0 spiro atoms. The number of piperazine rings is 1. The van der Waals surface area contributed by atoms with Gasteiger partial charge in [0, 0.05) is 84.0 Å². The van der Waals surface area contributed by atoms with Crippen molar-refractivity contribution in [3.8, 4) is 34.3 Å². The molecule has 1 aliphatic rings. The maximum Gasteiger partial charge on any atom is 0.178 e. The normalized spacial score (nSPS) is 14.1. The molecule has 0 saturated carbocycles. The Morgan fingerprint density at radius 3 is 1.69 bits per heavy atom. The molecule has 0 amide bonds. The van der Waals surface area contributed by atoms with E-state index in [2.05, 4.69) is 113 Å². The topological polar surface area (TPSA) is 152 Å². The second-order valence-corrected chi connectivity index (χ2v) is 17.7. The van der Waals surface area contributed by atoms with E-state index in [1.807, 2.05) is 92.0 Å². The third-order valence-corrected chi connectivity index (χ3v) is 11.7. The number of benzene rings is 4. The largest absolute Gasteiger partial charge is 0.491 e. The molecule has 15 heteroatoms. The first-order chi connectivity index (χ1) is 31.2. The quantitative estimate of drug-likeness (QED) is 0.0741. The van der Waals surface area contributed by atoms with Gasteiger partial charge in [0.2, 0.25) is 0 Å². The van der Waals surface area contributed by atoms with Gasteiger partial charge >= 0.3 is 0 Å². The summed E-state index contributed by atoms with van der Waals surface area (Å²) in [4.78, 5) is 31.1. The van der Waals surface area contributed by atoms with E-state index in [9.17, 15) is 10.2 Å². The summed E-state index contributed by atoms with van der Waals surface area (Å²) < 4.78 is 13.4. The number of pyridine rings is 2. The van der Waals surface area contributed by atoms with Crippen LogP contribution in [0.15, 0.2) is 143 Å². The van der Waals surface area contributed by atoms with Gasteiger partial charge in [0.25, 0.3) is 0 Å². The molecule has 4 aromatic carbocycles. The second-order valence-electron chi connectivity index (χ2n) is 15.8. The number of imidazole rings is 2. The molecule has 330 valence electrons. The number of anilines is 1. The van der Waals surface area contributed by atoms with Crippen LogP contribution in [0.25, 0.3) is 45.1 Å². The van der Waals surface area contributed by atoms with Crippen LogP contribution in [0.5, 0.6) is 11.5 Å². The Balaban J connectivity index is 0.000000175. The van der Waals surface area contributed by atoms with Gasteiger partial charge in [0.1, 0.15) is 48.6 Å². The van der Waals surface area contributed by atoms with E-state index in [4.69, 9.17) is 9.47 Å². The van der Waals surface area contributed by atoms with E-state index in [0.29, 0.717) is 30.1 Å². The van der Waals surface area contributed by atoms with Gasteiger partial charge in [-0.1, -0.05) is 48.5 Å². The van der Waals surface area contributed by atoms with Crippen molar-refractivity contribution in [3.05, 3.63) is 148 Å². The smallest absolute Gasteiger partial charge is 0.178 e. The number of β-amino-alcohol motifs (C(OH)–C–C–N with tert-alkyl or cyclic N) is 1. The molecule has 0 radical (unpaired) electrons. The van der Waals surface area contributed by atoms with Gasteiger partial charge < -0.3 is 39.5 Å². The van der Waals surface area contributed by atoms with Crippen LogP contribution >= 0.6 is 31.9 Å². The minimum atomic E-state index is -0.555. The van der Waals surface area contributed by atoms with Gasteiger partial charge in [0.05, 0.1) is 11.0 Å². The number of hydrogen-bond donors (Lipinski definition) is 4. The molecular weight excluding hydrogens is 938 g/mol. The zero-order valence-electron chi connectivity index (χ0n) is 35.5. The lowest BCUT2D eigenvalue weighted by molar-refractivity contribution is 0.0663. The van der Waals surface area contributed by atoms with Crippen LogP contribution in [0.3, 0.4) is 0 Å². The summed E-state index contributed by atoms with van der Waals surface area (Å²) in [6, 6.07) is 40.1. The summed E-state index contributed by atoms with van der Waals surface area (Å²) >= 11 is 6.85. The zero-order valence-corrected chi connectivity index (χ0v) is 38.7. The third-order valence-electron chi connectivity index (χ3n) is 10.9. The SMILES string of the molecule is CN(CCc1ccccc1)CC(O)COc1ccc(-c2nc3ncc(Br)cc3[nH]2)cc1.OC(COc1ccc(-c2nc3ncc(Br)cc3[nH]2)cc1)CN1CCN(c2ccccc2)CC1. The number of aromatic nitrogens is 6. The number of aromatic amines is 2. The Morgan fingerprint density at radius 2 is 1.16 bits per heavy atom. The Hall–Kier alpha value is -5.68. The average molecular weight is 990 g/mol. The van der Waals surface area contributed by atoms with Crippen molar-refractivity contribution in [2.24, 2.45) is 0 Å². The number of aliphatic hydroxyl groups excluding tert-OH is 2. The van der Waals surface area contributed by atoms with E-state index in [0.717, 1.165) is 87.6 Å². The molecular formula is C49H51Br2N9O4. The molecule has 4 N–H and O–H groups in total. The number of nitrogens with one attached hydrogen (secondary N) is 2. The maximum atomic E-state index is 10.5. The van der Waals surface area contributed by atoms with Crippen LogP contribution in [0.4, 0.5) is 5.69 Å². The minimum Gasteiger partial charge on any atom is -0.491 e. The van der Waals surface area contributed by atoms with E-state index >= 15 is 0 Å². The van der Waals surface area contributed by atoms with Gasteiger partial charge in [0.15, 0.2) is 11.3 Å². The predicted molar refractivity (Wildman–Crippen MR) is 260 cm³/mol. The van der Waals surface area contributed by atoms with Crippen molar-refractivity contribution in [2.75, 3.05) is 71.0 Å². The number of likely N-dealkylation sites (N-methyl/N-ethyl adjacent to an activating group) is 1. The first-order valence-electron chi connectivity index (χ1n) is 21.3. The second kappa shape index (κ2) is 21.8. The lowest BCUT2D eigenvalue weighted by Gasteiger charge is -2.36. The van der Waals surface area contributed by atoms with Gasteiger partial charge in [-0.05, 0) is 124 Å². The molecule has 2 unspecified atom stereocenters. The highest BCUT2D eigenvalue weighted by Gasteiger charge is 2.20. The van der Waals surface area contributed by atoms with Crippen molar-refractivity contribution in [1.82, 2.24) is 39.7 Å². The fourth-order valence-corrected chi connectivity index (χ4v) is 8.13. The van der Waals surface area contributed by atoms with Gasteiger partial charge in [-0.2, -0.15) is 0 Å². The molecule has 13 nitrogen and oxygen atoms in total. The first-order valence-corrected chi connectivity index (χ1v) is 22.9.